The van der Waals surface area contributed by atoms with Crippen LogP contribution in [0.1, 0.15) is 27.2 Å². The summed E-state index contributed by atoms with van der Waals surface area (Å²) in [6.45, 7) is 5.41. The Morgan fingerprint density at radius 2 is 1.84 bits per heavy atom. The molecule has 0 aromatic carbocycles. The van der Waals surface area contributed by atoms with Crippen LogP contribution in [0.5, 0.6) is 0 Å². The average molecular weight is 282 g/mol. The van der Waals surface area contributed by atoms with E-state index in [-0.39, 0.29) is 13.0 Å². The molecule has 1 aliphatic heterocycles. The van der Waals surface area contributed by atoms with Crippen LogP contribution in [0.15, 0.2) is 0 Å². The molecule has 19 heavy (non-hydrogen) atoms. The standard InChI is InChI=1S/C12H21F3N2O2/c1-11(2,3)19-10(18)17(4)9-5-8(6-16-7-9)12(13,14)15/h8-9,16H,5-7H2,1-4H3. The smallest absolute Gasteiger partial charge is 0.410 e. The van der Waals surface area contributed by atoms with E-state index in [0.29, 0.717) is 6.54 Å². The number of halogens is 3. The molecule has 1 N–H and O–H groups in total. The lowest BCUT2D eigenvalue weighted by molar-refractivity contribution is -0.182. The van der Waals surface area contributed by atoms with Crippen molar-refractivity contribution in [3.8, 4) is 0 Å². The molecule has 1 amide bonds. The predicted molar refractivity (Wildman–Crippen MR) is 64.8 cm³/mol. The van der Waals surface area contributed by atoms with Crippen molar-refractivity contribution in [2.75, 3.05) is 20.1 Å². The second-order valence-electron chi connectivity index (χ2n) is 5.88. The maximum absolute atomic E-state index is 12.7. The third-order valence-electron chi connectivity index (χ3n) is 3.02. The fraction of sp³-hybridized carbons (Fsp3) is 0.917. The molecule has 4 nitrogen and oxygen atoms in total. The van der Waals surface area contributed by atoms with Crippen molar-refractivity contribution in [1.29, 1.82) is 0 Å². The molecule has 1 aliphatic rings. The van der Waals surface area contributed by atoms with E-state index in [0.717, 1.165) is 0 Å². The van der Waals surface area contributed by atoms with Crippen molar-refractivity contribution in [3.05, 3.63) is 0 Å². The minimum Gasteiger partial charge on any atom is -0.444 e. The fourth-order valence-electron chi connectivity index (χ4n) is 1.95. The van der Waals surface area contributed by atoms with Crippen LogP contribution in [0.3, 0.4) is 0 Å². The molecular formula is C12H21F3N2O2. The van der Waals surface area contributed by atoms with E-state index in [1.165, 1.54) is 11.9 Å². The zero-order chi connectivity index (χ0) is 14.8. The van der Waals surface area contributed by atoms with Crippen molar-refractivity contribution in [1.82, 2.24) is 10.2 Å². The lowest BCUT2D eigenvalue weighted by atomic mass is 9.94. The number of piperidine rings is 1. The summed E-state index contributed by atoms with van der Waals surface area (Å²) in [7, 11) is 1.47. The fourth-order valence-corrected chi connectivity index (χ4v) is 1.95. The Bertz CT molecular complexity index is 326. The first-order valence-electron chi connectivity index (χ1n) is 6.24. The van der Waals surface area contributed by atoms with Crippen molar-refractivity contribution in [3.63, 3.8) is 0 Å². The third kappa shape index (κ3) is 4.89. The van der Waals surface area contributed by atoms with E-state index >= 15 is 0 Å². The van der Waals surface area contributed by atoms with Gasteiger partial charge in [0, 0.05) is 26.2 Å². The van der Waals surface area contributed by atoms with Crippen LogP contribution in [0, 0.1) is 5.92 Å². The Morgan fingerprint density at radius 1 is 1.26 bits per heavy atom. The summed E-state index contributed by atoms with van der Waals surface area (Å²) in [5, 5.41) is 2.72. The van der Waals surface area contributed by atoms with E-state index in [1.54, 1.807) is 20.8 Å². The second kappa shape index (κ2) is 5.56. The molecule has 0 saturated carbocycles. The summed E-state index contributed by atoms with van der Waals surface area (Å²) in [6.07, 6.45) is -4.92. The van der Waals surface area contributed by atoms with Crippen molar-refractivity contribution in [2.45, 2.75) is 45.0 Å². The Kier molecular flexibility index (Phi) is 4.71. The highest BCUT2D eigenvalue weighted by Crippen LogP contribution is 2.32. The zero-order valence-electron chi connectivity index (χ0n) is 11.7. The summed E-state index contributed by atoms with van der Waals surface area (Å²) in [4.78, 5) is 13.1. The molecule has 0 aromatic rings. The highest BCUT2D eigenvalue weighted by molar-refractivity contribution is 5.68. The number of rotatable bonds is 1. The van der Waals surface area contributed by atoms with Crippen LogP contribution in [-0.2, 0) is 4.74 Å². The molecule has 7 heteroatoms. The highest BCUT2D eigenvalue weighted by atomic mass is 19.4. The van der Waals surface area contributed by atoms with Crippen LogP contribution in [0.2, 0.25) is 0 Å². The maximum Gasteiger partial charge on any atom is 0.410 e. The minimum atomic E-state index is -4.24. The minimum absolute atomic E-state index is 0.0910. The van der Waals surface area contributed by atoms with Gasteiger partial charge in [0.1, 0.15) is 5.60 Å². The molecule has 0 spiro atoms. The van der Waals surface area contributed by atoms with Gasteiger partial charge in [0.15, 0.2) is 0 Å². The quantitative estimate of drug-likeness (QED) is 0.803. The topological polar surface area (TPSA) is 41.6 Å². The molecule has 1 saturated heterocycles. The van der Waals surface area contributed by atoms with Gasteiger partial charge in [0.2, 0.25) is 0 Å². The zero-order valence-corrected chi connectivity index (χ0v) is 11.7. The van der Waals surface area contributed by atoms with Gasteiger partial charge in [-0.15, -0.1) is 0 Å². The van der Waals surface area contributed by atoms with Crippen LogP contribution in [-0.4, -0.2) is 48.9 Å². The molecule has 1 rings (SSSR count). The first-order chi connectivity index (χ1) is 8.50. The number of amides is 1. The molecule has 112 valence electrons. The molecule has 1 fully saturated rings. The maximum atomic E-state index is 12.7. The molecule has 0 bridgehead atoms. The van der Waals surface area contributed by atoms with Crippen LogP contribution in [0.4, 0.5) is 18.0 Å². The largest absolute Gasteiger partial charge is 0.444 e. The molecular weight excluding hydrogens is 261 g/mol. The Balaban J connectivity index is 2.62. The van der Waals surface area contributed by atoms with Gasteiger partial charge in [-0.1, -0.05) is 0 Å². The summed E-state index contributed by atoms with van der Waals surface area (Å²) >= 11 is 0. The number of carbonyl (C=O) groups excluding carboxylic acids is 1. The predicted octanol–water partition coefficient (Wildman–Crippen LogP) is 2.39. The number of likely N-dealkylation sites (N-methyl/N-ethyl adjacent to an activating group) is 1. The van der Waals surface area contributed by atoms with Crippen LogP contribution >= 0.6 is 0 Å². The van der Waals surface area contributed by atoms with E-state index in [4.69, 9.17) is 4.74 Å². The normalized spacial score (nSPS) is 25.0. The molecule has 2 unspecified atom stereocenters. The Hall–Kier alpha value is -0.980. The van der Waals surface area contributed by atoms with E-state index in [1.807, 2.05) is 0 Å². The van der Waals surface area contributed by atoms with Gasteiger partial charge in [-0.05, 0) is 27.2 Å². The van der Waals surface area contributed by atoms with Gasteiger partial charge in [-0.3, -0.25) is 0 Å². The summed E-state index contributed by atoms with van der Waals surface area (Å²) in [5.41, 5.74) is -0.656. The van der Waals surface area contributed by atoms with Crippen molar-refractivity contribution >= 4 is 6.09 Å². The third-order valence-corrected chi connectivity index (χ3v) is 3.02. The van der Waals surface area contributed by atoms with E-state index in [2.05, 4.69) is 5.32 Å². The highest BCUT2D eigenvalue weighted by Gasteiger charge is 2.43. The number of ether oxygens (including phenoxy) is 1. The van der Waals surface area contributed by atoms with Crippen LogP contribution < -0.4 is 5.32 Å². The lowest BCUT2D eigenvalue weighted by Gasteiger charge is -2.37. The molecule has 1 heterocycles. The van der Waals surface area contributed by atoms with Gasteiger partial charge in [0.05, 0.1) is 5.92 Å². The van der Waals surface area contributed by atoms with Gasteiger partial charge < -0.3 is 15.0 Å². The summed E-state index contributed by atoms with van der Waals surface area (Å²) in [6, 6.07) is -0.504. The second-order valence-corrected chi connectivity index (χ2v) is 5.88. The number of nitrogens with one attached hydrogen (secondary N) is 1. The number of alkyl halides is 3. The molecule has 2 atom stereocenters. The van der Waals surface area contributed by atoms with E-state index < -0.39 is 29.8 Å². The lowest BCUT2D eigenvalue weighted by Crippen LogP contribution is -2.53. The average Bonchev–Trinajstić information content (AvgIpc) is 2.24. The van der Waals surface area contributed by atoms with Gasteiger partial charge in [0.25, 0.3) is 0 Å². The van der Waals surface area contributed by atoms with E-state index in [9.17, 15) is 18.0 Å². The Morgan fingerprint density at radius 3 is 2.32 bits per heavy atom. The van der Waals surface area contributed by atoms with Crippen LogP contribution in [0.25, 0.3) is 0 Å². The molecule has 0 aliphatic carbocycles. The van der Waals surface area contributed by atoms with Gasteiger partial charge in [-0.2, -0.15) is 13.2 Å². The van der Waals surface area contributed by atoms with Crippen molar-refractivity contribution < 1.29 is 22.7 Å². The van der Waals surface area contributed by atoms with Gasteiger partial charge >= 0.3 is 12.3 Å². The Labute approximate surface area is 111 Å². The number of carbonyl (C=O) groups is 1. The number of nitrogens with zero attached hydrogens (tertiary/aromatic N) is 1. The summed E-state index contributed by atoms with van der Waals surface area (Å²) < 4.78 is 43.2. The SMILES string of the molecule is CN(C(=O)OC(C)(C)C)C1CNCC(C(F)(F)F)C1. The molecule has 0 aromatic heterocycles. The number of hydrogen-bond acceptors (Lipinski definition) is 3. The first-order valence-corrected chi connectivity index (χ1v) is 6.24. The number of hydrogen-bond donors (Lipinski definition) is 1. The van der Waals surface area contributed by atoms with Crippen molar-refractivity contribution in [2.24, 2.45) is 5.92 Å². The van der Waals surface area contributed by atoms with Gasteiger partial charge in [-0.25, -0.2) is 4.79 Å². The molecule has 0 radical (unpaired) electrons. The monoisotopic (exact) mass is 282 g/mol. The first kappa shape index (κ1) is 16.1. The summed E-state index contributed by atoms with van der Waals surface area (Å²) in [5.74, 6) is -1.42.